The van der Waals surface area contributed by atoms with E-state index in [0.717, 1.165) is 63.6 Å². The Morgan fingerprint density at radius 1 is 1.15 bits per heavy atom. The zero-order valence-corrected chi connectivity index (χ0v) is 25.2. The van der Waals surface area contributed by atoms with Crippen LogP contribution in [0.5, 0.6) is 0 Å². The first-order valence-electron chi connectivity index (χ1n) is 14.1. The van der Waals surface area contributed by atoms with E-state index in [4.69, 9.17) is 21.0 Å². The molecule has 0 saturated heterocycles. The van der Waals surface area contributed by atoms with Crippen molar-refractivity contribution in [2.45, 2.75) is 53.1 Å². The zero-order valence-electron chi connectivity index (χ0n) is 23.6. The third-order valence-corrected chi connectivity index (χ3v) is 9.52. The maximum absolute atomic E-state index is 13.6. The van der Waals surface area contributed by atoms with Gasteiger partial charge in [0, 0.05) is 45.3 Å². The summed E-state index contributed by atoms with van der Waals surface area (Å²) in [6, 6.07) is 20.0. The third-order valence-electron chi connectivity index (χ3n) is 8.11. The molecule has 1 aliphatic rings. The lowest BCUT2D eigenvalue weighted by molar-refractivity contribution is 0.0947. The van der Waals surface area contributed by atoms with Gasteiger partial charge in [-0.1, -0.05) is 62.7 Å². The standard InChI is InChI=1S/C34H34ClN3O2S/c1-34(2,3)24-12-15-28-30(17-24)41-33(31(28)32(39)36-19-26-7-6-16-40-26)37-18-23-21-38(29-9-5-4-8-27(23)29)20-22-10-13-25(35)14-11-22/h4-11,13-14,16,18,21,24H,12,15,17,19-20H2,1-3H3,(H,36,39)/t24-/m1/s1. The third kappa shape index (κ3) is 5.90. The SMILES string of the molecule is CC(C)(C)[C@@H]1CCc2c(sc(N=Cc3cn(Cc4ccc(Cl)cc4)c4ccccc34)c2C(=O)NCc2ccco2)C1. The number of aliphatic imine (C=N–C) groups is 1. The van der Waals surface area contributed by atoms with E-state index in [2.05, 4.69) is 73.3 Å². The van der Waals surface area contributed by atoms with Gasteiger partial charge in [0.15, 0.2) is 0 Å². The van der Waals surface area contributed by atoms with E-state index in [1.165, 1.54) is 10.4 Å². The van der Waals surface area contributed by atoms with Gasteiger partial charge in [0.25, 0.3) is 5.91 Å². The van der Waals surface area contributed by atoms with E-state index in [0.29, 0.717) is 18.0 Å². The summed E-state index contributed by atoms with van der Waals surface area (Å²) in [6.45, 7) is 8.01. The smallest absolute Gasteiger partial charge is 0.255 e. The van der Waals surface area contributed by atoms with Crippen LogP contribution in [0.2, 0.25) is 5.02 Å². The van der Waals surface area contributed by atoms with Gasteiger partial charge in [-0.15, -0.1) is 11.3 Å². The summed E-state index contributed by atoms with van der Waals surface area (Å²) < 4.78 is 7.68. The van der Waals surface area contributed by atoms with E-state index < -0.39 is 0 Å². The van der Waals surface area contributed by atoms with Crippen molar-refractivity contribution in [1.82, 2.24) is 9.88 Å². The van der Waals surface area contributed by atoms with Crippen LogP contribution in [-0.4, -0.2) is 16.7 Å². The molecule has 2 aromatic carbocycles. The van der Waals surface area contributed by atoms with Crippen LogP contribution in [0.25, 0.3) is 10.9 Å². The van der Waals surface area contributed by atoms with Crippen LogP contribution in [0, 0.1) is 11.3 Å². The van der Waals surface area contributed by atoms with Gasteiger partial charge in [-0.3, -0.25) is 4.79 Å². The number of nitrogens with one attached hydrogen (secondary N) is 1. The lowest BCUT2D eigenvalue weighted by Crippen LogP contribution is -2.28. The lowest BCUT2D eigenvalue weighted by Gasteiger charge is -2.33. The Morgan fingerprint density at radius 3 is 2.71 bits per heavy atom. The van der Waals surface area contributed by atoms with Crippen LogP contribution in [0.4, 0.5) is 5.00 Å². The molecule has 0 unspecified atom stereocenters. The molecule has 3 heterocycles. The Balaban J connectivity index is 1.34. The van der Waals surface area contributed by atoms with Crippen molar-refractivity contribution in [2.75, 3.05) is 0 Å². The van der Waals surface area contributed by atoms with Crippen molar-refractivity contribution in [3.63, 3.8) is 0 Å². The summed E-state index contributed by atoms with van der Waals surface area (Å²) in [5.41, 5.74) is 5.43. The molecule has 0 aliphatic heterocycles. The molecule has 1 aliphatic carbocycles. The number of nitrogens with zero attached hydrogens (tertiary/aromatic N) is 2. The van der Waals surface area contributed by atoms with Crippen LogP contribution < -0.4 is 5.32 Å². The second-order valence-corrected chi connectivity index (χ2v) is 13.4. The molecule has 1 N–H and O–H groups in total. The molecule has 210 valence electrons. The number of hydrogen-bond acceptors (Lipinski definition) is 4. The van der Waals surface area contributed by atoms with Gasteiger partial charge < -0.3 is 14.3 Å². The van der Waals surface area contributed by atoms with Crippen molar-refractivity contribution in [1.29, 1.82) is 0 Å². The predicted molar refractivity (Wildman–Crippen MR) is 169 cm³/mol. The fraction of sp³-hybridized carbons (Fsp3) is 0.294. The Bertz CT molecular complexity index is 1710. The monoisotopic (exact) mass is 583 g/mol. The average molecular weight is 584 g/mol. The first kappa shape index (κ1) is 27.6. The first-order valence-corrected chi connectivity index (χ1v) is 15.3. The van der Waals surface area contributed by atoms with Crippen LogP contribution in [0.1, 0.15) is 64.9 Å². The topological polar surface area (TPSA) is 59.5 Å². The number of carbonyl (C=O) groups is 1. The van der Waals surface area contributed by atoms with Crippen LogP contribution >= 0.6 is 22.9 Å². The van der Waals surface area contributed by atoms with E-state index in [-0.39, 0.29) is 11.3 Å². The molecule has 5 aromatic rings. The molecule has 6 rings (SSSR count). The number of carbonyl (C=O) groups excluding carboxylic acids is 1. The van der Waals surface area contributed by atoms with Crippen LogP contribution in [0.3, 0.4) is 0 Å². The molecule has 41 heavy (non-hydrogen) atoms. The fourth-order valence-electron chi connectivity index (χ4n) is 5.73. The Kier molecular flexibility index (Phi) is 7.62. The molecule has 0 saturated carbocycles. The van der Waals surface area contributed by atoms with Crippen LogP contribution in [-0.2, 0) is 25.9 Å². The van der Waals surface area contributed by atoms with Gasteiger partial charge >= 0.3 is 0 Å². The van der Waals surface area contributed by atoms with Gasteiger partial charge in [-0.25, -0.2) is 4.99 Å². The Hall–Kier alpha value is -3.61. The summed E-state index contributed by atoms with van der Waals surface area (Å²) in [5, 5.41) is 5.70. The minimum absolute atomic E-state index is 0.0922. The minimum atomic E-state index is -0.0922. The molecule has 0 bridgehead atoms. The van der Waals surface area contributed by atoms with Crippen molar-refractivity contribution < 1.29 is 9.21 Å². The maximum Gasteiger partial charge on any atom is 0.255 e. The number of benzene rings is 2. The number of furan rings is 1. The molecule has 5 nitrogen and oxygen atoms in total. The number of fused-ring (bicyclic) bond motifs is 2. The molecule has 0 radical (unpaired) electrons. The van der Waals surface area contributed by atoms with Gasteiger partial charge in [-0.2, -0.15) is 0 Å². The Labute approximate surface area is 249 Å². The van der Waals surface area contributed by atoms with Crippen molar-refractivity contribution in [3.8, 4) is 0 Å². The normalized spacial score (nSPS) is 15.5. The molecule has 0 spiro atoms. The lowest BCUT2D eigenvalue weighted by atomic mass is 9.72. The number of hydrogen-bond donors (Lipinski definition) is 1. The summed E-state index contributed by atoms with van der Waals surface area (Å²) in [6.07, 6.45) is 8.64. The maximum atomic E-state index is 13.6. The van der Waals surface area contributed by atoms with Crippen molar-refractivity contribution in [2.24, 2.45) is 16.3 Å². The molecule has 7 heteroatoms. The molecule has 1 amide bonds. The quantitative estimate of drug-likeness (QED) is 0.195. The van der Waals surface area contributed by atoms with Crippen molar-refractivity contribution >= 4 is 51.0 Å². The molecular weight excluding hydrogens is 550 g/mol. The van der Waals surface area contributed by atoms with Gasteiger partial charge in [0.1, 0.15) is 10.8 Å². The van der Waals surface area contributed by atoms with E-state index in [1.54, 1.807) is 17.6 Å². The zero-order chi connectivity index (χ0) is 28.6. The molecule has 3 aromatic heterocycles. The molecular formula is C34H34ClN3O2S. The number of para-hydroxylation sites is 1. The van der Waals surface area contributed by atoms with E-state index in [1.807, 2.05) is 30.5 Å². The largest absolute Gasteiger partial charge is 0.467 e. The summed E-state index contributed by atoms with van der Waals surface area (Å²) in [5.74, 6) is 1.22. The minimum Gasteiger partial charge on any atom is -0.467 e. The molecule has 0 fully saturated rings. The van der Waals surface area contributed by atoms with Gasteiger partial charge in [0.2, 0.25) is 0 Å². The summed E-state index contributed by atoms with van der Waals surface area (Å²) in [4.78, 5) is 19.9. The highest BCUT2D eigenvalue weighted by atomic mass is 35.5. The van der Waals surface area contributed by atoms with Gasteiger partial charge in [0.05, 0.1) is 18.4 Å². The number of rotatable bonds is 7. The van der Waals surface area contributed by atoms with E-state index >= 15 is 0 Å². The fourth-order valence-corrected chi connectivity index (χ4v) is 7.12. The van der Waals surface area contributed by atoms with E-state index in [9.17, 15) is 4.79 Å². The van der Waals surface area contributed by atoms with Gasteiger partial charge in [-0.05, 0) is 72.1 Å². The number of thiophene rings is 1. The average Bonchev–Trinajstić information content (AvgIpc) is 3.69. The predicted octanol–water partition coefficient (Wildman–Crippen LogP) is 8.83. The highest BCUT2D eigenvalue weighted by Gasteiger charge is 2.33. The van der Waals surface area contributed by atoms with Crippen molar-refractivity contribution in [3.05, 3.63) is 111 Å². The summed E-state index contributed by atoms with van der Waals surface area (Å²) >= 11 is 7.77. The first-order chi connectivity index (χ1) is 19.8. The number of amides is 1. The second kappa shape index (κ2) is 11.3. The summed E-state index contributed by atoms with van der Waals surface area (Å²) in [7, 11) is 0. The highest BCUT2D eigenvalue weighted by molar-refractivity contribution is 7.16. The number of aromatic nitrogens is 1. The highest BCUT2D eigenvalue weighted by Crippen LogP contribution is 2.45. The van der Waals surface area contributed by atoms with Crippen LogP contribution in [0.15, 0.2) is 82.5 Å². The Morgan fingerprint density at radius 2 is 1.95 bits per heavy atom. The second-order valence-electron chi connectivity index (χ2n) is 11.9. The number of halogens is 1. The molecule has 1 atom stereocenters.